The molecular formula is C15H6Cl4N2O3. The average molecular weight is 404 g/mol. The van der Waals surface area contributed by atoms with Crippen molar-refractivity contribution in [3.63, 3.8) is 0 Å². The van der Waals surface area contributed by atoms with Crippen molar-refractivity contribution >= 4 is 64.0 Å². The third-order valence-electron chi connectivity index (χ3n) is 2.96. The van der Waals surface area contributed by atoms with Crippen LogP contribution in [0.5, 0.6) is 0 Å². The Morgan fingerprint density at radius 1 is 1.00 bits per heavy atom. The van der Waals surface area contributed by atoms with Crippen molar-refractivity contribution in [3.05, 3.63) is 61.0 Å². The molecule has 0 aliphatic heterocycles. The number of anilines is 1. The van der Waals surface area contributed by atoms with Crippen LogP contribution in [0.4, 0.5) is 5.69 Å². The van der Waals surface area contributed by atoms with Crippen LogP contribution in [-0.4, -0.2) is 17.0 Å². The first kappa shape index (κ1) is 18.4. The molecule has 0 aliphatic carbocycles. The minimum absolute atomic E-state index is 0.232. The lowest BCUT2D eigenvalue weighted by molar-refractivity contribution is 0.0692. The molecule has 0 saturated carbocycles. The number of carbonyl (C=O) groups is 2. The molecule has 0 saturated heterocycles. The van der Waals surface area contributed by atoms with Gasteiger partial charge in [-0.15, -0.1) is 0 Å². The molecule has 0 atom stereocenters. The Kier molecular flexibility index (Phi) is 5.58. The Morgan fingerprint density at radius 2 is 1.58 bits per heavy atom. The van der Waals surface area contributed by atoms with Gasteiger partial charge >= 0.3 is 5.97 Å². The largest absolute Gasteiger partial charge is 0.478 e. The number of carboxylic acid groups (broad SMARTS) is 1. The molecule has 9 heteroatoms. The zero-order chi connectivity index (χ0) is 18.0. The molecule has 2 aromatic rings. The van der Waals surface area contributed by atoms with E-state index >= 15 is 0 Å². The normalized spacial score (nSPS) is 10.1. The van der Waals surface area contributed by atoms with Gasteiger partial charge in [-0.25, -0.2) is 4.79 Å². The van der Waals surface area contributed by atoms with E-state index in [4.69, 9.17) is 51.7 Å². The maximum atomic E-state index is 12.5. The number of halogens is 4. The standard InChI is InChI=1S/C15H6Cl4N2O3/c16-10-8(9(15(23)24)11(17)13(19)12(10)18)14(22)21-7-3-1-2-6(4-7)5-20/h1-4H,(H,21,22)(H,23,24). The van der Waals surface area contributed by atoms with Crippen LogP contribution in [0.15, 0.2) is 24.3 Å². The van der Waals surface area contributed by atoms with Crippen LogP contribution in [0.3, 0.4) is 0 Å². The van der Waals surface area contributed by atoms with Gasteiger partial charge in [0.15, 0.2) is 0 Å². The van der Waals surface area contributed by atoms with Gasteiger partial charge in [-0.3, -0.25) is 4.79 Å². The first-order chi connectivity index (χ1) is 11.3. The van der Waals surface area contributed by atoms with Crippen LogP contribution in [0.25, 0.3) is 0 Å². The van der Waals surface area contributed by atoms with Crippen molar-refractivity contribution in [1.29, 1.82) is 5.26 Å². The number of benzene rings is 2. The predicted octanol–water partition coefficient (Wildman–Crippen LogP) is 5.12. The zero-order valence-electron chi connectivity index (χ0n) is 11.5. The summed E-state index contributed by atoms with van der Waals surface area (Å²) in [5.41, 5.74) is -0.408. The highest BCUT2D eigenvalue weighted by Crippen LogP contribution is 2.41. The van der Waals surface area contributed by atoms with Crippen LogP contribution >= 0.6 is 46.4 Å². The van der Waals surface area contributed by atoms with Crippen molar-refractivity contribution < 1.29 is 14.7 Å². The maximum Gasteiger partial charge on any atom is 0.338 e. The summed E-state index contributed by atoms with van der Waals surface area (Å²) in [5, 5.41) is 19.4. The molecular weight excluding hydrogens is 398 g/mol. The van der Waals surface area contributed by atoms with E-state index in [0.717, 1.165) is 0 Å². The van der Waals surface area contributed by atoms with Crippen molar-refractivity contribution in [2.75, 3.05) is 5.32 Å². The van der Waals surface area contributed by atoms with Crippen molar-refractivity contribution in [2.24, 2.45) is 0 Å². The summed E-state index contributed by atoms with van der Waals surface area (Å²) < 4.78 is 0. The lowest BCUT2D eigenvalue weighted by Gasteiger charge is -2.14. The number of nitrogens with zero attached hydrogens (tertiary/aromatic N) is 1. The highest BCUT2D eigenvalue weighted by Gasteiger charge is 2.28. The number of nitrogens with one attached hydrogen (secondary N) is 1. The van der Waals surface area contributed by atoms with Gasteiger partial charge in [0.1, 0.15) is 0 Å². The number of hydrogen-bond acceptors (Lipinski definition) is 3. The third kappa shape index (κ3) is 3.42. The van der Waals surface area contributed by atoms with Gasteiger partial charge in [-0.1, -0.05) is 52.5 Å². The van der Waals surface area contributed by atoms with Crippen molar-refractivity contribution in [2.45, 2.75) is 0 Å². The smallest absolute Gasteiger partial charge is 0.338 e. The minimum atomic E-state index is -1.49. The topological polar surface area (TPSA) is 90.2 Å². The van der Waals surface area contributed by atoms with Gasteiger partial charge in [-0.05, 0) is 18.2 Å². The molecule has 1 amide bonds. The summed E-state index contributed by atoms with van der Waals surface area (Å²) in [6, 6.07) is 7.94. The quantitative estimate of drug-likeness (QED) is 0.549. The van der Waals surface area contributed by atoms with Crippen LogP contribution in [0.1, 0.15) is 26.3 Å². The number of carbonyl (C=O) groups excluding carboxylic acids is 1. The lowest BCUT2D eigenvalue weighted by atomic mass is 10.1. The highest BCUT2D eigenvalue weighted by atomic mass is 35.5. The first-order valence-electron chi connectivity index (χ1n) is 6.18. The molecule has 0 unspecified atom stereocenters. The third-order valence-corrected chi connectivity index (χ3v) is 4.76. The highest BCUT2D eigenvalue weighted by molar-refractivity contribution is 6.54. The zero-order valence-corrected chi connectivity index (χ0v) is 14.6. The van der Waals surface area contributed by atoms with Gasteiger partial charge in [0.2, 0.25) is 0 Å². The second kappa shape index (κ2) is 7.29. The first-order valence-corrected chi connectivity index (χ1v) is 7.69. The van der Waals surface area contributed by atoms with E-state index in [2.05, 4.69) is 5.32 Å². The van der Waals surface area contributed by atoms with Crippen LogP contribution in [-0.2, 0) is 0 Å². The second-order valence-electron chi connectivity index (χ2n) is 4.46. The van der Waals surface area contributed by atoms with Crippen LogP contribution in [0, 0.1) is 11.3 Å². The monoisotopic (exact) mass is 402 g/mol. The summed E-state index contributed by atoms with van der Waals surface area (Å²) in [6.45, 7) is 0. The molecule has 2 rings (SSSR count). The van der Waals surface area contributed by atoms with E-state index in [1.54, 1.807) is 12.1 Å². The van der Waals surface area contributed by atoms with E-state index in [0.29, 0.717) is 5.56 Å². The lowest BCUT2D eigenvalue weighted by Crippen LogP contribution is -2.18. The Morgan fingerprint density at radius 3 is 2.12 bits per heavy atom. The molecule has 0 bridgehead atoms. The molecule has 122 valence electrons. The van der Waals surface area contributed by atoms with E-state index in [1.165, 1.54) is 12.1 Å². The number of hydrogen-bond donors (Lipinski definition) is 2. The molecule has 5 nitrogen and oxygen atoms in total. The number of aromatic carboxylic acids is 1. The Bertz CT molecular complexity index is 907. The number of rotatable bonds is 3. The number of amides is 1. The summed E-state index contributed by atoms with van der Waals surface area (Å²) in [5.74, 6) is -2.34. The van der Waals surface area contributed by atoms with Gasteiger partial charge in [0.05, 0.1) is 42.9 Å². The van der Waals surface area contributed by atoms with Gasteiger partial charge < -0.3 is 10.4 Å². The SMILES string of the molecule is N#Cc1cccc(NC(=O)c2c(Cl)c(Cl)c(Cl)c(Cl)c2C(=O)O)c1. The Balaban J connectivity index is 2.57. The molecule has 0 radical (unpaired) electrons. The predicted molar refractivity (Wildman–Crippen MR) is 92.6 cm³/mol. The molecule has 0 fully saturated rings. The fourth-order valence-electron chi connectivity index (χ4n) is 1.91. The number of nitriles is 1. The van der Waals surface area contributed by atoms with Gasteiger partial charge in [-0.2, -0.15) is 5.26 Å². The molecule has 0 heterocycles. The summed E-state index contributed by atoms with van der Waals surface area (Å²) in [7, 11) is 0. The molecule has 0 spiro atoms. The maximum absolute atomic E-state index is 12.5. The molecule has 2 aromatic carbocycles. The van der Waals surface area contributed by atoms with E-state index in [1.807, 2.05) is 6.07 Å². The van der Waals surface area contributed by atoms with E-state index in [-0.39, 0.29) is 20.8 Å². The van der Waals surface area contributed by atoms with Crippen LogP contribution < -0.4 is 5.32 Å². The fraction of sp³-hybridized carbons (Fsp3) is 0. The Labute approximate surface area is 156 Å². The number of carboxylic acids is 1. The Hall–Kier alpha value is -1.97. The van der Waals surface area contributed by atoms with Crippen LogP contribution in [0.2, 0.25) is 20.1 Å². The summed E-state index contributed by atoms with van der Waals surface area (Å²) in [6.07, 6.45) is 0. The van der Waals surface area contributed by atoms with Gasteiger partial charge in [0, 0.05) is 5.69 Å². The van der Waals surface area contributed by atoms with Crippen molar-refractivity contribution in [1.82, 2.24) is 0 Å². The average Bonchev–Trinajstić information content (AvgIpc) is 2.55. The van der Waals surface area contributed by atoms with E-state index < -0.39 is 28.0 Å². The molecule has 2 N–H and O–H groups in total. The second-order valence-corrected chi connectivity index (χ2v) is 5.97. The molecule has 0 aromatic heterocycles. The molecule has 24 heavy (non-hydrogen) atoms. The summed E-state index contributed by atoms with van der Waals surface area (Å²) >= 11 is 23.6. The van der Waals surface area contributed by atoms with Crippen molar-refractivity contribution in [3.8, 4) is 6.07 Å². The fourth-order valence-corrected chi connectivity index (χ4v) is 2.93. The van der Waals surface area contributed by atoms with Gasteiger partial charge in [0.25, 0.3) is 5.91 Å². The summed E-state index contributed by atoms with van der Waals surface area (Å²) in [4.78, 5) is 23.9. The molecule has 0 aliphatic rings. The minimum Gasteiger partial charge on any atom is -0.478 e. The van der Waals surface area contributed by atoms with E-state index in [9.17, 15) is 14.7 Å².